The van der Waals surface area contributed by atoms with E-state index in [2.05, 4.69) is 15.5 Å². The molecule has 2 amide bonds. The number of aromatic nitrogens is 2. The normalized spacial score (nSPS) is 14.0. The molecule has 0 unspecified atom stereocenters. The van der Waals surface area contributed by atoms with Gasteiger partial charge in [-0.2, -0.15) is 4.98 Å². The van der Waals surface area contributed by atoms with E-state index in [-0.39, 0.29) is 17.7 Å². The molecule has 0 aliphatic carbocycles. The molecule has 0 bridgehead atoms. The molecule has 7 nitrogen and oxygen atoms in total. The topological polar surface area (TPSA) is 88.3 Å². The van der Waals surface area contributed by atoms with Gasteiger partial charge < -0.3 is 14.7 Å². The number of carbonyl (C=O) groups excluding carboxylic acids is 2. The van der Waals surface area contributed by atoms with E-state index in [0.29, 0.717) is 36.9 Å². The van der Waals surface area contributed by atoms with E-state index in [1.807, 2.05) is 78.6 Å². The van der Waals surface area contributed by atoms with E-state index in [1.165, 1.54) is 0 Å². The second-order valence-electron chi connectivity index (χ2n) is 9.13. The minimum Gasteiger partial charge on any atom is -0.348 e. The third kappa shape index (κ3) is 5.35. The van der Waals surface area contributed by atoms with Crippen LogP contribution >= 0.6 is 0 Å². The van der Waals surface area contributed by atoms with Gasteiger partial charge >= 0.3 is 0 Å². The SMILES string of the molecule is Cc1ccc(C(=O)N2CCC(c3nc(-c4ccc(C(=O)NCc5ccccc5)cc4)no3)CC2)cc1. The van der Waals surface area contributed by atoms with Crippen molar-refractivity contribution in [2.24, 2.45) is 0 Å². The Hall–Kier alpha value is -4.26. The van der Waals surface area contributed by atoms with Crippen molar-refractivity contribution in [3.63, 3.8) is 0 Å². The van der Waals surface area contributed by atoms with Crippen molar-refractivity contribution >= 4 is 11.8 Å². The van der Waals surface area contributed by atoms with Gasteiger partial charge in [0.25, 0.3) is 11.8 Å². The number of benzene rings is 3. The first-order valence-electron chi connectivity index (χ1n) is 12.2. The van der Waals surface area contributed by atoms with E-state index in [9.17, 15) is 9.59 Å². The molecule has 1 aliphatic rings. The Balaban J connectivity index is 1.16. The fraction of sp³-hybridized carbons (Fsp3) is 0.241. The molecule has 0 atom stereocenters. The van der Waals surface area contributed by atoms with E-state index in [1.54, 1.807) is 12.1 Å². The second kappa shape index (κ2) is 10.6. The van der Waals surface area contributed by atoms with Gasteiger partial charge in [-0.05, 0) is 49.6 Å². The molecule has 0 radical (unpaired) electrons. The van der Waals surface area contributed by atoms with Gasteiger partial charge in [-0.1, -0.05) is 65.3 Å². The smallest absolute Gasteiger partial charge is 0.253 e. The van der Waals surface area contributed by atoms with Crippen LogP contribution in [-0.2, 0) is 6.54 Å². The molecule has 1 aliphatic heterocycles. The average Bonchev–Trinajstić information content (AvgIpc) is 3.43. The lowest BCUT2D eigenvalue weighted by Crippen LogP contribution is -2.38. The van der Waals surface area contributed by atoms with Gasteiger partial charge in [0.15, 0.2) is 0 Å². The zero-order chi connectivity index (χ0) is 24.9. The number of nitrogens with one attached hydrogen (secondary N) is 1. The molecular weight excluding hydrogens is 452 g/mol. The Kier molecular flexibility index (Phi) is 6.89. The predicted octanol–water partition coefficient (Wildman–Crippen LogP) is 4.99. The van der Waals surface area contributed by atoms with E-state index >= 15 is 0 Å². The minimum absolute atomic E-state index is 0.0626. The zero-order valence-electron chi connectivity index (χ0n) is 20.2. The summed E-state index contributed by atoms with van der Waals surface area (Å²) in [6.45, 7) is 3.80. The average molecular weight is 481 g/mol. The van der Waals surface area contributed by atoms with Crippen molar-refractivity contribution in [2.75, 3.05) is 13.1 Å². The summed E-state index contributed by atoms with van der Waals surface area (Å²) in [4.78, 5) is 31.7. The van der Waals surface area contributed by atoms with Gasteiger partial charge in [-0.25, -0.2) is 0 Å². The van der Waals surface area contributed by atoms with Crippen LogP contribution in [0.4, 0.5) is 0 Å². The van der Waals surface area contributed by atoms with Crippen LogP contribution in [0.15, 0.2) is 83.4 Å². The summed E-state index contributed by atoms with van der Waals surface area (Å²) in [5, 5.41) is 7.08. The number of amides is 2. The minimum atomic E-state index is -0.133. The van der Waals surface area contributed by atoms with E-state index in [0.717, 1.165) is 35.1 Å². The summed E-state index contributed by atoms with van der Waals surface area (Å²) in [6, 6.07) is 24.7. The van der Waals surface area contributed by atoms with Crippen molar-refractivity contribution in [1.82, 2.24) is 20.4 Å². The number of hydrogen-bond acceptors (Lipinski definition) is 5. The lowest BCUT2D eigenvalue weighted by atomic mass is 9.96. The quantitative estimate of drug-likeness (QED) is 0.420. The summed E-state index contributed by atoms with van der Waals surface area (Å²) < 4.78 is 5.57. The van der Waals surface area contributed by atoms with Crippen molar-refractivity contribution < 1.29 is 14.1 Å². The standard InChI is InChI=1S/C29H28N4O3/c1-20-7-9-25(10-8-20)29(35)33-17-15-24(16-18-33)28-31-26(32-36-28)22-11-13-23(14-12-22)27(34)30-19-21-5-3-2-4-6-21/h2-14,24H,15-19H2,1H3,(H,30,34). The molecule has 5 rings (SSSR count). The van der Waals surface area contributed by atoms with Gasteiger partial charge in [0, 0.05) is 42.2 Å². The Morgan fingerprint density at radius 3 is 2.28 bits per heavy atom. The summed E-state index contributed by atoms with van der Waals surface area (Å²) in [6.07, 6.45) is 1.56. The molecule has 1 fully saturated rings. The van der Waals surface area contributed by atoms with Crippen molar-refractivity contribution in [3.05, 3.63) is 107 Å². The first-order valence-corrected chi connectivity index (χ1v) is 12.2. The summed E-state index contributed by atoms with van der Waals surface area (Å²) >= 11 is 0. The molecule has 0 saturated carbocycles. The highest BCUT2D eigenvalue weighted by molar-refractivity contribution is 5.95. The first-order chi connectivity index (χ1) is 17.6. The van der Waals surface area contributed by atoms with Crippen molar-refractivity contribution in [2.45, 2.75) is 32.2 Å². The van der Waals surface area contributed by atoms with E-state index in [4.69, 9.17) is 4.52 Å². The number of nitrogens with zero attached hydrogens (tertiary/aromatic N) is 3. The lowest BCUT2D eigenvalue weighted by Gasteiger charge is -2.30. The monoisotopic (exact) mass is 480 g/mol. The molecule has 2 heterocycles. The highest BCUT2D eigenvalue weighted by atomic mass is 16.5. The highest BCUT2D eigenvalue weighted by Crippen LogP contribution is 2.29. The Morgan fingerprint density at radius 2 is 1.58 bits per heavy atom. The zero-order valence-corrected chi connectivity index (χ0v) is 20.2. The number of carbonyl (C=O) groups is 2. The third-order valence-corrected chi connectivity index (χ3v) is 6.57. The summed E-state index contributed by atoms with van der Waals surface area (Å²) in [5.74, 6) is 1.14. The van der Waals surface area contributed by atoms with E-state index < -0.39 is 0 Å². The first kappa shape index (κ1) is 23.5. The molecule has 7 heteroatoms. The molecule has 3 aromatic carbocycles. The molecule has 4 aromatic rings. The summed E-state index contributed by atoms with van der Waals surface area (Å²) in [5.41, 5.74) is 4.27. The number of likely N-dealkylation sites (tertiary alicyclic amines) is 1. The lowest BCUT2D eigenvalue weighted by molar-refractivity contribution is 0.0704. The van der Waals surface area contributed by atoms with Crippen LogP contribution in [0.5, 0.6) is 0 Å². The van der Waals surface area contributed by atoms with Crippen LogP contribution in [0.25, 0.3) is 11.4 Å². The second-order valence-corrected chi connectivity index (χ2v) is 9.13. The molecule has 182 valence electrons. The maximum absolute atomic E-state index is 12.8. The number of aryl methyl sites for hydroxylation is 1. The van der Waals surface area contributed by atoms with Gasteiger partial charge in [-0.15, -0.1) is 0 Å². The third-order valence-electron chi connectivity index (χ3n) is 6.57. The molecule has 1 saturated heterocycles. The van der Waals surface area contributed by atoms with Crippen molar-refractivity contribution in [1.29, 1.82) is 0 Å². The fourth-order valence-corrected chi connectivity index (χ4v) is 4.38. The highest BCUT2D eigenvalue weighted by Gasteiger charge is 2.28. The summed E-state index contributed by atoms with van der Waals surface area (Å²) in [7, 11) is 0. The van der Waals surface area contributed by atoms with Gasteiger partial charge in [0.05, 0.1) is 0 Å². The Bertz CT molecular complexity index is 1320. The van der Waals surface area contributed by atoms with Gasteiger partial charge in [0.1, 0.15) is 0 Å². The Labute approximate surface area is 210 Å². The maximum atomic E-state index is 12.8. The van der Waals surface area contributed by atoms with Crippen LogP contribution in [0.1, 0.15) is 56.5 Å². The molecule has 36 heavy (non-hydrogen) atoms. The Morgan fingerprint density at radius 1 is 0.917 bits per heavy atom. The maximum Gasteiger partial charge on any atom is 0.253 e. The van der Waals surface area contributed by atoms with Crippen LogP contribution in [0.3, 0.4) is 0 Å². The van der Waals surface area contributed by atoms with Crippen LogP contribution in [-0.4, -0.2) is 39.9 Å². The van der Waals surface area contributed by atoms with Gasteiger partial charge in [-0.3, -0.25) is 9.59 Å². The van der Waals surface area contributed by atoms with Crippen molar-refractivity contribution in [3.8, 4) is 11.4 Å². The largest absolute Gasteiger partial charge is 0.348 e. The van der Waals surface area contributed by atoms with Crippen LogP contribution < -0.4 is 5.32 Å². The van der Waals surface area contributed by atoms with Gasteiger partial charge in [0.2, 0.25) is 11.7 Å². The fourth-order valence-electron chi connectivity index (χ4n) is 4.38. The molecular formula is C29H28N4O3. The molecule has 1 N–H and O–H groups in total. The molecule has 0 spiro atoms. The number of hydrogen-bond donors (Lipinski definition) is 1. The predicted molar refractivity (Wildman–Crippen MR) is 136 cm³/mol. The van der Waals surface area contributed by atoms with Crippen LogP contribution in [0, 0.1) is 6.92 Å². The molecule has 1 aromatic heterocycles. The number of rotatable bonds is 6. The van der Waals surface area contributed by atoms with Crippen LogP contribution in [0.2, 0.25) is 0 Å². The number of piperidine rings is 1.